The van der Waals surface area contributed by atoms with Gasteiger partial charge in [0.15, 0.2) is 11.5 Å². The third-order valence-corrected chi connectivity index (χ3v) is 5.34. The number of halogens is 1. The Morgan fingerprint density at radius 2 is 1.94 bits per heavy atom. The van der Waals surface area contributed by atoms with E-state index in [4.69, 9.17) is 9.47 Å². The highest BCUT2D eigenvalue weighted by atomic mass is 79.9. The molecule has 0 fully saturated rings. The van der Waals surface area contributed by atoms with E-state index < -0.39 is 6.04 Å². The lowest BCUT2D eigenvalue weighted by Gasteiger charge is -2.29. The lowest BCUT2D eigenvalue weighted by atomic mass is 9.94. The maximum Gasteiger partial charge on any atom is 0.319 e. The van der Waals surface area contributed by atoms with E-state index in [0.29, 0.717) is 39.4 Å². The van der Waals surface area contributed by atoms with E-state index in [1.807, 2.05) is 50.2 Å². The molecule has 0 radical (unpaired) electrons. The molecular formula is C23H26BrN3O4. The minimum Gasteiger partial charge on any atom is -0.493 e. The van der Waals surface area contributed by atoms with Gasteiger partial charge in [0.25, 0.3) is 5.91 Å². The van der Waals surface area contributed by atoms with Crippen molar-refractivity contribution in [2.45, 2.75) is 39.5 Å². The topological polar surface area (TPSA) is 88.7 Å². The molecule has 0 spiro atoms. The first kappa shape index (κ1) is 22.7. The SMILES string of the molecule is COc1cc(C2NC(=O)NC(C)=C2C(=O)NCc2ccccc2)cc(Br)c1OC(C)C. The number of amides is 3. The van der Waals surface area contributed by atoms with Crippen LogP contribution in [-0.4, -0.2) is 25.2 Å². The van der Waals surface area contributed by atoms with Crippen molar-refractivity contribution in [2.75, 3.05) is 7.11 Å². The molecule has 3 amide bonds. The number of hydrogen-bond donors (Lipinski definition) is 3. The van der Waals surface area contributed by atoms with Crippen molar-refractivity contribution in [1.82, 2.24) is 16.0 Å². The van der Waals surface area contributed by atoms with Gasteiger partial charge in [-0.2, -0.15) is 0 Å². The van der Waals surface area contributed by atoms with Crippen molar-refractivity contribution in [2.24, 2.45) is 0 Å². The predicted molar refractivity (Wildman–Crippen MR) is 122 cm³/mol. The lowest BCUT2D eigenvalue weighted by molar-refractivity contribution is -0.118. The number of nitrogens with one attached hydrogen (secondary N) is 3. The quantitative estimate of drug-likeness (QED) is 0.546. The molecule has 8 heteroatoms. The van der Waals surface area contributed by atoms with Crippen molar-refractivity contribution < 1.29 is 19.1 Å². The van der Waals surface area contributed by atoms with Gasteiger partial charge in [0.1, 0.15) is 0 Å². The second-order valence-corrected chi connectivity index (χ2v) is 8.29. The molecule has 1 heterocycles. The minimum absolute atomic E-state index is 0.0453. The number of benzene rings is 2. The number of urea groups is 1. The molecule has 31 heavy (non-hydrogen) atoms. The summed E-state index contributed by atoms with van der Waals surface area (Å²) in [5.41, 5.74) is 2.61. The largest absolute Gasteiger partial charge is 0.493 e. The Bertz CT molecular complexity index is 1010. The average molecular weight is 488 g/mol. The normalized spacial score (nSPS) is 15.9. The Morgan fingerprint density at radius 3 is 2.58 bits per heavy atom. The monoisotopic (exact) mass is 487 g/mol. The fourth-order valence-electron chi connectivity index (χ4n) is 3.37. The molecule has 1 aliphatic heterocycles. The van der Waals surface area contributed by atoms with Crippen LogP contribution in [0.5, 0.6) is 11.5 Å². The van der Waals surface area contributed by atoms with Crippen molar-refractivity contribution >= 4 is 27.9 Å². The van der Waals surface area contributed by atoms with Crippen LogP contribution in [0.15, 0.2) is 58.2 Å². The zero-order chi connectivity index (χ0) is 22.5. The summed E-state index contributed by atoms with van der Waals surface area (Å²) in [4.78, 5) is 25.3. The van der Waals surface area contributed by atoms with Crippen LogP contribution in [-0.2, 0) is 11.3 Å². The van der Waals surface area contributed by atoms with Gasteiger partial charge in [-0.15, -0.1) is 0 Å². The third-order valence-electron chi connectivity index (χ3n) is 4.75. The zero-order valence-electron chi connectivity index (χ0n) is 17.9. The number of rotatable bonds is 7. The molecule has 0 aliphatic carbocycles. The van der Waals surface area contributed by atoms with Gasteiger partial charge in [-0.3, -0.25) is 4.79 Å². The van der Waals surface area contributed by atoms with E-state index in [0.717, 1.165) is 5.56 Å². The van der Waals surface area contributed by atoms with E-state index in [2.05, 4.69) is 31.9 Å². The molecular weight excluding hydrogens is 462 g/mol. The Hall–Kier alpha value is -3.00. The van der Waals surface area contributed by atoms with Crippen LogP contribution in [0.25, 0.3) is 0 Å². The molecule has 2 aromatic carbocycles. The van der Waals surface area contributed by atoms with E-state index in [9.17, 15) is 9.59 Å². The molecule has 1 aliphatic rings. The van der Waals surface area contributed by atoms with E-state index in [-0.39, 0.29) is 18.0 Å². The first-order chi connectivity index (χ1) is 14.8. The van der Waals surface area contributed by atoms with Gasteiger partial charge < -0.3 is 25.4 Å². The van der Waals surface area contributed by atoms with Crippen LogP contribution in [0.3, 0.4) is 0 Å². The van der Waals surface area contributed by atoms with Crippen molar-refractivity contribution in [3.05, 3.63) is 69.3 Å². The number of methoxy groups -OCH3 is 1. The molecule has 7 nitrogen and oxygen atoms in total. The van der Waals surface area contributed by atoms with Gasteiger partial charge in [-0.25, -0.2) is 4.79 Å². The number of ether oxygens (including phenoxy) is 2. The van der Waals surface area contributed by atoms with Crippen molar-refractivity contribution in [1.29, 1.82) is 0 Å². The van der Waals surface area contributed by atoms with Gasteiger partial charge in [0, 0.05) is 12.2 Å². The fourth-order valence-corrected chi connectivity index (χ4v) is 3.93. The maximum atomic E-state index is 13.1. The Balaban J connectivity index is 1.94. The average Bonchev–Trinajstić information content (AvgIpc) is 2.73. The second-order valence-electron chi connectivity index (χ2n) is 7.44. The lowest BCUT2D eigenvalue weighted by Crippen LogP contribution is -2.46. The summed E-state index contributed by atoms with van der Waals surface area (Å²) in [7, 11) is 1.55. The maximum absolute atomic E-state index is 13.1. The fraction of sp³-hybridized carbons (Fsp3) is 0.304. The number of allylic oxidation sites excluding steroid dienone is 1. The van der Waals surface area contributed by atoms with E-state index in [1.165, 1.54) is 0 Å². The first-order valence-corrected chi connectivity index (χ1v) is 10.7. The molecule has 0 aromatic heterocycles. The zero-order valence-corrected chi connectivity index (χ0v) is 19.5. The summed E-state index contributed by atoms with van der Waals surface area (Å²) >= 11 is 3.53. The first-order valence-electron chi connectivity index (χ1n) is 9.94. The predicted octanol–water partition coefficient (Wildman–Crippen LogP) is 4.19. The summed E-state index contributed by atoms with van der Waals surface area (Å²) in [6, 6.07) is 12.2. The summed E-state index contributed by atoms with van der Waals surface area (Å²) in [5, 5.41) is 8.47. The highest BCUT2D eigenvalue weighted by Crippen LogP contribution is 2.40. The Morgan fingerprint density at radius 1 is 1.23 bits per heavy atom. The number of carbonyl (C=O) groups excluding carboxylic acids is 2. The van der Waals surface area contributed by atoms with Gasteiger partial charge in [-0.05, 0) is 60.0 Å². The van der Waals surface area contributed by atoms with Gasteiger partial charge >= 0.3 is 6.03 Å². The van der Waals surface area contributed by atoms with Crippen LogP contribution in [0.2, 0.25) is 0 Å². The number of carbonyl (C=O) groups is 2. The van der Waals surface area contributed by atoms with Crippen molar-refractivity contribution in [3.63, 3.8) is 0 Å². The molecule has 3 N–H and O–H groups in total. The Labute approximate surface area is 190 Å². The van der Waals surface area contributed by atoms with Crippen LogP contribution in [0.4, 0.5) is 4.79 Å². The minimum atomic E-state index is -0.650. The smallest absolute Gasteiger partial charge is 0.319 e. The third kappa shape index (κ3) is 5.38. The molecule has 0 bridgehead atoms. The molecule has 0 saturated heterocycles. The Kier molecular flexibility index (Phi) is 7.22. The molecule has 3 rings (SSSR count). The van der Waals surface area contributed by atoms with E-state index >= 15 is 0 Å². The van der Waals surface area contributed by atoms with Crippen LogP contribution in [0, 0.1) is 0 Å². The van der Waals surface area contributed by atoms with Crippen LogP contribution < -0.4 is 25.4 Å². The van der Waals surface area contributed by atoms with Crippen molar-refractivity contribution in [3.8, 4) is 11.5 Å². The second kappa shape index (κ2) is 9.87. The summed E-state index contributed by atoms with van der Waals surface area (Å²) in [5.74, 6) is 0.807. The van der Waals surface area contributed by atoms with Gasteiger partial charge in [0.2, 0.25) is 0 Å². The molecule has 1 atom stereocenters. The summed E-state index contributed by atoms with van der Waals surface area (Å²) in [6.45, 7) is 5.94. The summed E-state index contributed by atoms with van der Waals surface area (Å²) in [6.07, 6.45) is -0.0453. The number of hydrogen-bond acceptors (Lipinski definition) is 4. The molecule has 0 saturated carbocycles. The summed E-state index contributed by atoms with van der Waals surface area (Å²) < 4.78 is 12.0. The molecule has 164 valence electrons. The van der Waals surface area contributed by atoms with Gasteiger partial charge in [0.05, 0.1) is 29.3 Å². The van der Waals surface area contributed by atoms with E-state index in [1.54, 1.807) is 20.1 Å². The van der Waals surface area contributed by atoms with Gasteiger partial charge in [-0.1, -0.05) is 30.3 Å². The molecule has 2 aromatic rings. The highest BCUT2D eigenvalue weighted by Gasteiger charge is 2.32. The standard InChI is InChI=1S/C23H26BrN3O4/c1-13(2)31-21-17(24)10-16(11-18(21)30-4)20-19(14(3)26-23(29)27-20)22(28)25-12-15-8-6-5-7-9-15/h5-11,13,20H,12H2,1-4H3,(H,25,28)(H2,26,27,29). The van der Waals surface area contributed by atoms with Crippen LogP contribution in [0.1, 0.15) is 37.9 Å². The molecule has 1 unspecified atom stereocenters. The highest BCUT2D eigenvalue weighted by molar-refractivity contribution is 9.10. The van der Waals surface area contributed by atoms with Crippen LogP contribution >= 0.6 is 15.9 Å².